The molecule has 1 aliphatic carbocycles. The second kappa shape index (κ2) is 7.80. The monoisotopic (exact) mass is 394 g/mol. The van der Waals surface area contributed by atoms with Crippen LogP contribution in [-0.2, 0) is 4.79 Å². The summed E-state index contributed by atoms with van der Waals surface area (Å²) in [5.74, 6) is -0.0282. The molecule has 0 radical (unpaired) electrons. The topological polar surface area (TPSA) is 53.2 Å². The van der Waals surface area contributed by atoms with E-state index in [1.54, 1.807) is 36.2 Å². The summed E-state index contributed by atoms with van der Waals surface area (Å²) in [6.07, 6.45) is 5.20. The highest BCUT2D eigenvalue weighted by Gasteiger charge is 2.29. The molecule has 144 valence electrons. The van der Waals surface area contributed by atoms with E-state index in [-0.39, 0.29) is 17.6 Å². The number of nitrogens with one attached hydrogen (secondary N) is 1. The van der Waals surface area contributed by atoms with Gasteiger partial charge >= 0.3 is 0 Å². The van der Waals surface area contributed by atoms with E-state index in [2.05, 4.69) is 4.98 Å². The molecule has 0 spiro atoms. The van der Waals surface area contributed by atoms with Crippen LogP contribution in [0.25, 0.3) is 10.9 Å². The van der Waals surface area contributed by atoms with Gasteiger partial charge in [-0.3, -0.25) is 9.59 Å². The largest absolute Gasteiger partial charge is 0.350 e. The number of benzene rings is 2. The van der Waals surface area contributed by atoms with Crippen molar-refractivity contribution >= 4 is 39.9 Å². The molecular formula is C23H23ClN2O2. The molecule has 0 aliphatic heterocycles. The number of hydrogen-bond donors (Lipinski definition) is 1. The smallest absolute Gasteiger partial charge is 0.229 e. The molecule has 2 aromatic carbocycles. The van der Waals surface area contributed by atoms with Crippen molar-refractivity contribution in [2.45, 2.75) is 32.1 Å². The van der Waals surface area contributed by atoms with Crippen molar-refractivity contribution in [2.75, 3.05) is 11.9 Å². The summed E-state index contributed by atoms with van der Waals surface area (Å²) < 4.78 is 0. The third-order valence-electron chi connectivity index (χ3n) is 5.62. The van der Waals surface area contributed by atoms with Crippen molar-refractivity contribution in [3.05, 3.63) is 64.8 Å². The molecule has 0 bridgehead atoms. The minimum Gasteiger partial charge on any atom is -0.350 e. The van der Waals surface area contributed by atoms with E-state index in [4.69, 9.17) is 11.6 Å². The second-order valence-electron chi connectivity index (χ2n) is 7.47. The number of aromatic amines is 1. The fourth-order valence-electron chi connectivity index (χ4n) is 4.14. The molecule has 4 nitrogen and oxygen atoms in total. The van der Waals surface area contributed by atoms with E-state index < -0.39 is 0 Å². The lowest BCUT2D eigenvalue weighted by molar-refractivity contribution is -0.123. The fourth-order valence-corrected chi connectivity index (χ4v) is 4.31. The van der Waals surface area contributed by atoms with Crippen molar-refractivity contribution in [3.63, 3.8) is 0 Å². The van der Waals surface area contributed by atoms with Gasteiger partial charge in [-0.1, -0.05) is 61.2 Å². The quantitative estimate of drug-likeness (QED) is 0.586. The van der Waals surface area contributed by atoms with Crippen molar-refractivity contribution in [1.82, 2.24) is 4.98 Å². The lowest BCUT2D eigenvalue weighted by Gasteiger charge is -2.26. The Balaban J connectivity index is 1.81. The number of carbonyl (C=O) groups is 2. The Hall–Kier alpha value is -2.59. The van der Waals surface area contributed by atoms with Gasteiger partial charge in [0.1, 0.15) is 5.69 Å². The number of aromatic nitrogens is 1. The lowest BCUT2D eigenvalue weighted by Crippen LogP contribution is -2.34. The van der Waals surface area contributed by atoms with Crippen LogP contribution < -0.4 is 4.90 Å². The van der Waals surface area contributed by atoms with Crippen LogP contribution in [0.3, 0.4) is 0 Å². The van der Waals surface area contributed by atoms with Crippen LogP contribution in [0.4, 0.5) is 5.69 Å². The number of hydrogen-bond acceptors (Lipinski definition) is 2. The molecule has 0 saturated heterocycles. The zero-order valence-corrected chi connectivity index (χ0v) is 16.6. The van der Waals surface area contributed by atoms with Gasteiger partial charge in [0, 0.05) is 34.5 Å². The number of nitrogens with zero attached hydrogens (tertiary/aromatic N) is 1. The third-order valence-corrected chi connectivity index (χ3v) is 5.85. The molecule has 1 amide bonds. The summed E-state index contributed by atoms with van der Waals surface area (Å²) in [5.41, 5.74) is 2.40. The van der Waals surface area contributed by atoms with E-state index in [1.807, 2.05) is 24.3 Å². The molecule has 5 heteroatoms. The second-order valence-corrected chi connectivity index (χ2v) is 7.90. The predicted molar refractivity (Wildman–Crippen MR) is 113 cm³/mol. The van der Waals surface area contributed by atoms with E-state index in [0.717, 1.165) is 36.6 Å². The third kappa shape index (κ3) is 3.45. The molecule has 1 N–H and O–H groups in total. The first-order valence-corrected chi connectivity index (χ1v) is 10.1. The number of fused-ring (bicyclic) bond motifs is 1. The number of ketones is 1. The summed E-state index contributed by atoms with van der Waals surface area (Å²) in [7, 11) is 1.77. The summed E-state index contributed by atoms with van der Waals surface area (Å²) in [4.78, 5) is 31.3. The Morgan fingerprint density at radius 3 is 2.46 bits per heavy atom. The maximum Gasteiger partial charge on any atom is 0.229 e. The molecule has 1 aromatic heterocycles. The number of rotatable bonds is 4. The summed E-state index contributed by atoms with van der Waals surface area (Å²) in [5, 5.41) is 1.41. The number of anilines is 1. The molecule has 28 heavy (non-hydrogen) atoms. The van der Waals surface area contributed by atoms with E-state index >= 15 is 0 Å². The number of carbonyl (C=O) groups excluding carboxylic acids is 2. The van der Waals surface area contributed by atoms with Gasteiger partial charge in [-0.05, 0) is 31.0 Å². The average Bonchev–Trinajstić information content (AvgIpc) is 3.11. The van der Waals surface area contributed by atoms with Gasteiger partial charge in [0.15, 0.2) is 0 Å². The Morgan fingerprint density at radius 1 is 1.04 bits per heavy atom. The molecular weight excluding hydrogens is 372 g/mol. The van der Waals surface area contributed by atoms with Gasteiger partial charge in [0.05, 0.1) is 5.69 Å². The first kappa shape index (κ1) is 18.8. The standard InChI is InChI=1S/C23H23ClN2O2/c1-26(23(28)16-10-6-3-7-11-16)21-18-13-12-17(24)14-19(18)25-20(21)22(27)15-8-4-2-5-9-15/h2,4-5,8-9,12-14,16,25H,3,6-7,10-11H2,1H3. The summed E-state index contributed by atoms with van der Waals surface area (Å²) in [6.45, 7) is 0. The van der Waals surface area contributed by atoms with E-state index in [9.17, 15) is 9.59 Å². The number of H-pyrrole nitrogens is 1. The maximum absolute atomic E-state index is 13.2. The van der Waals surface area contributed by atoms with Crippen molar-refractivity contribution < 1.29 is 9.59 Å². The fraction of sp³-hybridized carbons (Fsp3) is 0.304. The van der Waals surface area contributed by atoms with Crippen LogP contribution in [0.1, 0.15) is 48.2 Å². The lowest BCUT2D eigenvalue weighted by atomic mass is 9.88. The van der Waals surface area contributed by atoms with E-state index in [1.165, 1.54) is 6.42 Å². The van der Waals surface area contributed by atoms with Crippen LogP contribution in [0, 0.1) is 5.92 Å². The first-order chi connectivity index (χ1) is 13.6. The van der Waals surface area contributed by atoms with Crippen LogP contribution >= 0.6 is 11.6 Å². The molecule has 4 rings (SSSR count). The minimum atomic E-state index is -0.133. The van der Waals surface area contributed by atoms with Gasteiger partial charge in [-0.25, -0.2) is 0 Å². The molecule has 0 atom stereocenters. The van der Waals surface area contributed by atoms with Gasteiger partial charge in [-0.2, -0.15) is 0 Å². The SMILES string of the molecule is CN(C(=O)C1CCCCC1)c1c(C(=O)c2ccccc2)[nH]c2cc(Cl)ccc12. The van der Waals surface area contributed by atoms with Crippen LogP contribution in [0.2, 0.25) is 5.02 Å². The first-order valence-electron chi connectivity index (χ1n) is 9.75. The Labute approximate surface area is 169 Å². The highest BCUT2D eigenvalue weighted by molar-refractivity contribution is 6.31. The van der Waals surface area contributed by atoms with Crippen molar-refractivity contribution in [1.29, 1.82) is 0 Å². The molecule has 1 saturated carbocycles. The Morgan fingerprint density at radius 2 is 1.75 bits per heavy atom. The van der Waals surface area contributed by atoms with Gasteiger partial charge < -0.3 is 9.88 Å². The Kier molecular flexibility index (Phi) is 5.23. The summed E-state index contributed by atoms with van der Waals surface area (Å²) in [6, 6.07) is 14.6. The Bertz CT molecular complexity index is 1020. The highest BCUT2D eigenvalue weighted by Crippen LogP contribution is 2.35. The van der Waals surface area contributed by atoms with Crippen LogP contribution in [0.5, 0.6) is 0 Å². The van der Waals surface area contributed by atoms with Crippen LogP contribution in [0.15, 0.2) is 48.5 Å². The molecule has 1 fully saturated rings. The number of amides is 1. The molecule has 0 unspecified atom stereocenters. The van der Waals surface area contributed by atoms with Crippen LogP contribution in [-0.4, -0.2) is 23.7 Å². The predicted octanol–water partition coefficient (Wildman–Crippen LogP) is 5.60. The minimum absolute atomic E-state index is 0.0238. The maximum atomic E-state index is 13.2. The summed E-state index contributed by atoms with van der Waals surface area (Å²) >= 11 is 6.16. The van der Waals surface area contributed by atoms with E-state index in [0.29, 0.717) is 22.0 Å². The number of halogens is 1. The zero-order valence-electron chi connectivity index (χ0n) is 15.9. The van der Waals surface area contributed by atoms with Gasteiger partial charge in [0.2, 0.25) is 11.7 Å². The average molecular weight is 395 g/mol. The molecule has 3 aromatic rings. The van der Waals surface area contributed by atoms with Crippen molar-refractivity contribution in [2.24, 2.45) is 5.92 Å². The molecule has 1 aliphatic rings. The molecule has 1 heterocycles. The van der Waals surface area contributed by atoms with Crippen molar-refractivity contribution in [3.8, 4) is 0 Å². The van der Waals surface area contributed by atoms with Gasteiger partial charge in [-0.15, -0.1) is 0 Å². The van der Waals surface area contributed by atoms with Gasteiger partial charge in [0.25, 0.3) is 0 Å². The highest BCUT2D eigenvalue weighted by atomic mass is 35.5. The zero-order chi connectivity index (χ0) is 19.7. The normalized spacial score (nSPS) is 14.9.